The first-order valence-corrected chi connectivity index (χ1v) is 8.86. The van der Waals surface area contributed by atoms with Gasteiger partial charge in [-0.2, -0.15) is 11.8 Å². The molecule has 2 unspecified atom stereocenters. The summed E-state index contributed by atoms with van der Waals surface area (Å²) in [4.78, 5) is 0. The topological polar surface area (TPSA) is 21.3 Å². The highest BCUT2D eigenvalue weighted by Gasteiger charge is 2.24. The number of methoxy groups -OCH3 is 1. The zero-order valence-corrected chi connectivity index (χ0v) is 13.5. The van der Waals surface area contributed by atoms with Crippen LogP contribution >= 0.6 is 11.8 Å². The van der Waals surface area contributed by atoms with Gasteiger partial charge in [0.2, 0.25) is 0 Å². The Balaban J connectivity index is 1.86. The molecule has 3 heteroatoms. The van der Waals surface area contributed by atoms with Gasteiger partial charge in [-0.1, -0.05) is 19.1 Å². The number of hydrogen-bond acceptors (Lipinski definition) is 3. The van der Waals surface area contributed by atoms with Crippen LogP contribution in [0.1, 0.15) is 38.2 Å². The molecule has 1 aromatic carbocycles. The van der Waals surface area contributed by atoms with Crippen LogP contribution in [0.2, 0.25) is 0 Å². The van der Waals surface area contributed by atoms with E-state index in [1.165, 1.54) is 37.0 Å². The maximum Gasteiger partial charge on any atom is 0.118 e. The summed E-state index contributed by atoms with van der Waals surface area (Å²) in [5, 5.41) is 4.58. The van der Waals surface area contributed by atoms with Crippen LogP contribution in [0, 0.1) is 0 Å². The molecular formula is C17H27NOS. The highest BCUT2D eigenvalue weighted by atomic mass is 32.2. The van der Waals surface area contributed by atoms with Crippen molar-refractivity contribution in [3.05, 3.63) is 29.8 Å². The van der Waals surface area contributed by atoms with Gasteiger partial charge < -0.3 is 10.1 Å². The lowest BCUT2D eigenvalue weighted by atomic mass is 10.0. The standard InChI is InChI=1S/C17H27NOS/c1-3-12-18-16(17-5-4-13-20-17)11-8-14-6-9-15(19-2)10-7-14/h6-7,9-10,16-18H,3-5,8,11-13H2,1-2H3. The maximum absolute atomic E-state index is 5.21. The molecule has 2 atom stereocenters. The Morgan fingerprint density at radius 1 is 1.35 bits per heavy atom. The van der Waals surface area contributed by atoms with E-state index in [2.05, 4.69) is 48.3 Å². The number of nitrogens with one attached hydrogen (secondary N) is 1. The summed E-state index contributed by atoms with van der Waals surface area (Å²) in [6.07, 6.45) is 6.39. The van der Waals surface area contributed by atoms with E-state index in [4.69, 9.17) is 4.74 Å². The van der Waals surface area contributed by atoms with Crippen molar-refractivity contribution in [2.24, 2.45) is 0 Å². The molecule has 112 valence electrons. The Bertz CT molecular complexity index is 373. The first kappa shape index (κ1) is 15.7. The van der Waals surface area contributed by atoms with E-state index in [0.717, 1.165) is 24.0 Å². The van der Waals surface area contributed by atoms with Gasteiger partial charge >= 0.3 is 0 Å². The second-order valence-electron chi connectivity index (χ2n) is 5.50. The number of aryl methyl sites for hydroxylation is 1. The van der Waals surface area contributed by atoms with Crippen molar-refractivity contribution in [2.75, 3.05) is 19.4 Å². The Labute approximate surface area is 127 Å². The Hall–Kier alpha value is -0.670. The summed E-state index contributed by atoms with van der Waals surface area (Å²) in [7, 11) is 1.72. The average molecular weight is 293 g/mol. The quantitative estimate of drug-likeness (QED) is 0.785. The molecule has 0 aromatic heterocycles. The molecule has 1 N–H and O–H groups in total. The number of thioether (sulfide) groups is 1. The largest absolute Gasteiger partial charge is 0.497 e. The zero-order valence-electron chi connectivity index (χ0n) is 12.7. The molecule has 0 bridgehead atoms. The fourth-order valence-electron chi connectivity index (χ4n) is 2.78. The van der Waals surface area contributed by atoms with Gasteiger partial charge in [-0.05, 0) is 62.1 Å². The van der Waals surface area contributed by atoms with Crippen LogP contribution in [-0.4, -0.2) is 30.7 Å². The fourth-order valence-corrected chi connectivity index (χ4v) is 4.22. The Morgan fingerprint density at radius 3 is 2.75 bits per heavy atom. The normalized spacial score (nSPS) is 20.0. The van der Waals surface area contributed by atoms with Crippen molar-refractivity contribution in [1.29, 1.82) is 0 Å². The second-order valence-corrected chi connectivity index (χ2v) is 6.85. The van der Waals surface area contributed by atoms with Gasteiger partial charge in [0.1, 0.15) is 5.75 Å². The zero-order chi connectivity index (χ0) is 14.2. The Kier molecular flexibility index (Phi) is 6.74. The smallest absolute Gasteiger partial charge is 0.118 e. The lowest BCUT2D eigenvalue weighted by Gasteiger charge is -2.24. The lowest BCUT2D eigenvalue weighted by molar-refractivity contribution is 0.414. The third-order valence-electron chi connectivity index (χ3n) is 3.97. The fraction of sp³-hybridized carbons (Fsp3) is 0.647. The minimum atomic E-state index is 0.671. The highest BCUT2D eigenvalue weighted by molar-refractivity contribution is 8.00. The van der Waals surface area contributed by atoms with Crippen LogP contribution in [0.4, 0.5) is 0 Å². The number of hydrogen-bond donors (Lipinski definition) is 1. The minimum absolute atomic E-state index is 0.671. The minimum Gasteiger partial charge on any atom is -0.497 e. The summed E-state index contributed by atoms with van der Waals surface area (Å²) >= 11 is 2.16. The molecule has 2 rings (SSSR count). The van der Waals surface area contributed by atoms with Crippen LogP contribution in [0.3, 0.4) is 0 Å². The van der Waals surface area contributed by atoms with Crippen molar-refractivity contribution in [3.63, 3.8) is 0 Å². The first-order chi connectivity index (χ1) is 9.83. The third-order valence-corrected chi connectivity index (χ3v) is 5.49. The molecule has 1 aliphatic heterocycles. The van der Waals surface area contributed by atoms with Gasteiger partial charge in [0.15, 0.2) is 0 Å². The van der Waals surface area contributed by atoms with Crippen molar-refractivity contribution >= 4 is 11.8 Å². The SMILES string of the molecule is CCCNC(CCc1ccc(OC)cc1)C1CCCS1. The van der Waals surface area contributed by atoms with Gasteiger partial charge in [0.25, 0.3) is 0 Å². The highest BCUT2D eigenvalue weighted by Crippen LogP contribution is 2.30. The van der Waals surface area contributed by atoms with Gasteiger partial charge in [0, 0.05) is 11.3 Å². The monoisotopic (exact) mass is 293 g/mol. The maximum atomic E-state index is 5.21. The lowest BCUT2D eigenvalue weighted by Crippen LogP contribution is -2.38. The third kappa shape index (κ3) is 4.71. The number of rotatable bonds is 8. The van der Waals surface area contributed by atoms with Crippen LogP contribution in [-0.2, 0) is 6.42 Å². The molecule has 0 saturated carbocycles. The van der Waals surface area contributed by atoms with Crippen LogP contribution < -0.4 is 10.1 Å². The second kappa shape index (κ2) is 8.58. The van der Waals surface area contributed by atoms with Crippen LogP contribution in [0.25, 0.3) is 0 Å². The molecule has 1 aromatic rings. The van der Waals surface area contributed by atoms with Gasteiger partial charge in [-0.15, -0.1) is 0 Å². The first-order valence-electron chi connectivity index (χ1n) is 7.81. The molecule has 0 aliphatic carbocycles. The molecule has 0 radical (unpaired) electrons. The van der Waals surface area contributed by atoms with Crippen LogP contribution in [0.15, 0.2) is 24.3 Å². The van der Waals surface area contributed by atoms with Crippen molar-refractivity contribution in [1.82, 2.24) is 5.32 Å². The predicted molar refractivity (Wildman–Crippen MR) is 88.9 cm³/mol. The van der Waals surface area contributed by atoms with E-state index in [0.29, 0.717) is 6.04 Å². The van der Waals surface area contributed by atoms with E-state index < -0.39 is 0 Å². The van der Waals surface area contributed by atoms with E-state index in [9.17, 15) is 0 Å². The van der Waals surface area contributed by atoms with E-state index in [-0.39, 0.29) is 0 Å². The van der Waals surface area contributed by atoms with Gasteiger partial charge in [-0.25, -0.2) is 0 Å². The Morgan fingerprint density at radius 2 is 2.15 bits per heavy atom. The molecule has 0 spiro atoms. The van der Waals surface area contributed by atoms with Crippen LogP contribution in [0.5, 0.6) is 5.75 Å². The molecule has 20 heavy (non-hydrogen) atoms. The average Bonchev–Trinajstić information content (AvgIpc) is 3.02. The molecular weight excluding hydrogens is 266 g/mol. The van der Waals surface area contributed by atoms with Crippen molar-refractivity contribution < 1.29 is 4.74 Å². The molecule has 2 nitrogen and oxygen atoms in total. The van der Waals surface area contributed by atoms with Crippen molar-refractivity contribution in [3.8, 4) is 5.75 Å². The summed E-state index contributed by atoms with van der Waals surface area (Å²) in [6, 6.07) is 9.18. The summed E-state index contributed by atoms with van der Waals surface area (Å²) in [5.41, 5.74) is 1.41. The van der Waals surface area contributed by atoms with E-state index in [1.807, 2.05) is 0 Å². The number of ether oxygens (including phenoxy) is 1. The molecule has 1 fully saturated rings. The van der Waals surface area contributed by atoms with Crippen molar-refractivity contribution in [2.45, 2.75) is 50.3 Å². The molecule has 1 aliphatic rings. The van der Waals surface area contributed by atoms with Gasteiger partial charge in [-0.3, -0.25) is 0 Å². The molecule has 0 amide bonds. The van der Waals surface area contributed by atoms with E-state index >= 15 is 0 Å². The predicted octanol–water partition coefficient (Wildman–Crippen LogP) is 3.89. The van der Waals surface area contributed by atoms with Gasteiger partial charge in [0.05, 0.1) is 7.11 Å². The molecule has 1 saturated heterocycles. The number of benzene rings is 1. The summed E-state index contributed by atoms with van der Waals surface area (Å²) < 4.78 is 5.21. The summed E-state index contributed by atoms with van der Waals surface area (Å²) in [5.74, 6) is 2.29. The van der Waals surface area contributed by atoms with E-state index in [1.54, 1.807) is 7.11 Å². The molecule has 1 heterocycles. The summed E-state index contributed by atoms with van der Waals surface area (Å²) in [6.45, 7) is 3.39.